The highest BCUT2D eigenvalue weighted by atomic mass is 16.5. The van der Waals surface area contributed by atoms with Gasteiger partial charge in [0, 0.05) is 45.1 Å². The summed E-state index contributed by atoms with van der Waals surface area (Å²) in [7, 11) is 4.11. The van der Waals surface area contributed by atoms with E-state index in [-0.39, 0.29) is 0 Å². The van der Waals surface area contributed by atoms with E-state index in [0.717, 1.165) is 38.5 Å². The molecule has 1 aliphatic heterocycles. The molecular formula is C13H21N3O. The van der Waals surface area contributed by atoms with E-state index in [4.69, 9.17) is 10.5 Å². The zero-order chi connectivity index (χ0) is 12.3. The van der Waals surface area contributed by atoms with Crippen molar-refractivity contribution in [1.82, 2.24) is 4.90 Å². The van der Waals surface area contributed by atoms with E-state index in [1.165, 1.54) is 11.3 Å². The number of hydrogen-bond donors (Lipinski definition) is 1. The number of nitrogens with two attached hydrogens (primary N) is 1. The molecule has 94 valence electrons. The predicted octanol–water partition coefficient (Wildman–Crippen LogP) is 1.17. The highest BCUT2D eigenvalue weighted by Gasteiger charge is 2.13. The average Bonchev–Trinajstić information content (AvgIpc) is 2.32. The van der Waals surface area contributed by atoms with Gasteiger partial charge in [0.25, 0.3) is 0 Å². The molecule has 1 fully saturated rings. The molecule has 1 aliphatic rings. The van der Waals surface area contributed by atoms with Gasteiger partial charge >= 0.3 is 0 Å². The zero-order valence-corrected chi connectivity index (χ0v) is 10.6. The first-order chi connectivity index (χ1) is 8.16. The van der Waals surface area contributed by atoms with Crippen LogP contribution in [-0.4, -0.2) is 45.3 Å². The second-order valence-corrected chi connectivity index (χ2v) is 4.67. The first-order valence-electron chi connectivity index (χ1n) is 6.02. The summed E-state index contributed by atoms with van der Waals surface area (Å²) in [5.41, 5.74) is 9.19. The van der Waals surface area contributed by atoms with Crippen LogP contribution in [0.5, 0.6) is 0 Å². The third kappa shape index (κ3) is 3.11. The number of morpholine rings is 1. The van der Waals surface area contributed by atoms with Gasteiger partial charge in [-0.05, 0) is 17.7 Å². The van der Waals surface area contributed by atoms with Crippen LogP contribution in [0, 0.1) is 0 Å². The van der Waals surface area contributed by atoms with Crippen LogP contribution in [-0.2, 0) is 11.3 Å². The van der Waals surface area contributed by atoms with Crippen molar-refractivity contribution in [2.24, 2.45) is 0 Å². The molecule has 0 radical (unpaired) electrons. The molecule has 17 heavy (non-hydrogen) atoms. The van der Waals surface area contributed by atoms with Gasteiger partial charge in [0.1, 0.15) is 0 Å². The fourth-order valence-corrected chi connectivity index (χ4v) is 2.13. The standard InChI is InChI=1S/C13H21N3O/c1-15(2)13-9-12(14)4-3-11(13)10-16-5-7-17-8-6-16/h3-4,9H,5-8,10,14H2,1-2H3. The molecule has 0 bridgehead atoms. The predicted molar refractivity (Wildman–Crippen MR) is 71.3 cm³/mol. The number of nitrogens with zero attached hydrogens (tertiary/aromatic N) is 2. The second kappa shape index (κ2) is 5.38. The Hall–Kier alpha value is -1.26. The second-order valence-electron chi connectivity index (χ2n) is 4.67. The molecule has 1 heterocycles. The molecule has 0 aromatic heterocycles. The lowest BCUT2D eigenvalue weighted by Gasteiger charge is -2.28. The highest BCUT2D eigenvalue weighted by Crippen LogP contribution is 2.23. The van der Waals surface area contributed by atoms with Crippen molar-refractivity contribution in [3.63, 3.8) is 0 Å². The molecule has 1 aromatic rings. The van der Waals surface area contributed by atoms with Crippen LogP contribution in [0.15, 0.2) is 18.2 Å². The zero-order valence-electron chi connectivity index (χ0n) is 10.6. The van der Waals surface area contributed by atoms with E-state index in [1.807, 2.05) is 12.1 Å². The first kappa shape index (κ1) is 12.2. The van der Waals surface area contributed by atoms with E-state index in [9.17, 15) is 0 Å². The molecule has 4 nitrogen and oxygen atoms in total. The average molecular weight is 235 g/mol. The lowest BCUT2D eigenvalue weighted by molar-refractivity contribution is 0.0342. The summed E-state index contributed by atoms with van der Waals surface area (Å²) >= 11 is 0. The van der Waals surface area contributed by atoms with Crippen molar-refractivity contribution >= 4 is 11.4 Å². The Morgan fingerprint density at radius 2 is 2.00 bits per heavy atom. The Morgan fingerprint density at radius 1 is 1.29 bits per heavy atom. The van der Waals surface area contributed by atoms with Gasteiger partial charge in [-0.3, -0.25) is 4.90 Å². The van der Waals surface area contributed by atoms with Gasteiger partial charge in [-0.1, -0.05) is 6.07 Å². The maximum Gasteiger partial charge on any atom is 0.0594 e. The van der Waals surface area contributed by atoms with E-state index < -0.39 is 0 Å². The van der Waals surface area contributed by atoms with Crippen LogP contribution in [0.1, 0.15) is 5.56 Å². The van der Waals surface area contributed by atoms with Crippen molar-refractivity contribution in [3.05, 3.63) is 23.8 Å². The summed E-state index contributed by atoms with van der Waals surface area (Å²) in [6.07, 6.45) is 0. The van der Waals surface area contributed by atoms with E-state index in [0.29, 0.717) is 0 Å². The first-order valence-corrected chi connectivity index (χ1v) is 6.02. The van der Waals surface area contributed by atoms with Crippen molar-refractivity contribution in [2.75, 3.05) is 51.0 Å². The van der Waals surface area contributed by atoms with Crippen molar-refractivity contribution in [2.45, 2.75) is 6.54 Å². The summed E-state index contributed by atoms with van der Waals surface area (Å²) in [4.78, 5) is 4.54. The van der Waals surface area contributed by atoms with Gasteiger partial charge in [-0.25, -0.2) is 0 Å². The van der Waals surface area contributed by atoms with E-state index in [1.54, 1.807) is 0 Å². The lowest BCUT2D eigenvalue weighted by Crippen LogP contribution is -2.36. The summed E-state index contributed by atoms with van der Waals surface area (Å²) in [5.74, 6) is 0. The van der Waals surface area contributed by atoms with Crippen LogP contribution in [0.4, 0.5) is 11.4 Å². The Bertz CT molecular complexity index is 373. The number of anilines is 2. The van der Waals surface area contributed by atoms with Crippen LogP contribution in [0.2, 0.25) is 0 Å². The molecule has 0 spiro atoms. The molecule has 4 heteroatoms. The van der Waals surface area contributed by atoms with Crippen LogP contribution < -0.4 is 10.6 Å². The fraction of sp³-hybridized carbons (Fsp3) is 0.538. The maximum absolute atomic E-state index is 5.84. The molecule has 0 atom stereocenters. The number of hydrogen-bond acceptors (Lipinski definition) is 4. The summed E-state index contributed by atoms with van der Waals surface area (Å²) < 4.78 is 5.36. The minimum Gasteiger partial charge on any atom is -0.399 e. The Kier molecular flexibility index (Phi) is 3.86. The van der Waals surface area contributed by atoms with Gasteiger partial charge in [-0.15, -0.1) is 0 Å². The maximum atomic E-state index is 5.84. The Morgan fingerprint density at radius 3 is 2.65 bits per heavy atom. The SMILES string of the molecule is CN(C)c1cc(N)ccc1CN1CCOCC1. The Balaban J connectivity index is 2.13. The number of nitrogen functional groups attached to an aromatic ring is 1. The molecule has 0 saturated carbocycles. The molecule has 1 aromatic carbocycles. The van der Waals surface area contributed by atoms with Gasteiger partial charge in [0.15, 0.2) is 0 Å². The number of ether oxygens (including phenoxy) is 1. The largest absolute Gasteiger partial charge is 0.399 e. The summed E-state index contributed by atoms with van der Waals surface area (Å²) in [5, 5.41) is 0. The monoisotopic (exact) mass is 235 g/mol. The van der Waals surface area contributed by atoms with E-state index in [2.05, 4.69) is 30.0 Å². The van der Waals surface area contributed by atoms with Crippen LogP contribution in [0.25, 0.3) is 0 Å². The number of benzene rings is 1. The van der Waals surface area contributed by atoms with Crippen molar-refractivity contribution in [3.8, 4) is 0 Å². The smallest absolute Gasteiger partial charge is 0.0594 e. The molecular weight excluding hydrogens is 214 g/mol. The quantitative estimate of drug-likeness (QED) is 0.799. The number of rotatable bonds is 3. The molecule has 0 unspecified atom stereocenters. The molecule has 0 amide bonds. The van der Waals surface area contributed by atoms with Gasteiger partial charge in [0.2, 0.25) is 0 Å². The van der Waals surface area contributed by atoms with E-state index >= 15 is 0 Å². The van der Waals surface area contributed by atoms with Crippen LogP contribution >= 0.6 is 0 Å². The minimum atomic E-state index is 0.819. The topological polar surface area (TPSA) is 41.7 Å². The van der Waals surface area contributed by atoms with Gasteiger partial charge in [-0.2, -0.15) is 0 Å². The molecule has 2 N–H and O–H groups in total. The minimum absolute atomic E-state index is 0.819. The van der Waals surface area contributed by atoms with Gasteiger partial charge in [0.05, 0.1) is 13.2 Å². The molecule has 1 saturated heterocycles. The highest BCUT2D eigenvalue weighted by molar-refractivity contribution is 5.60. The van der Waals surface area contributed by atoms with Crippen LogP contribution in [0.3, 0.4) is 0 Å². The lowest BCUT2D eigenvalue weighted by atomic mass is 10.1. The summed E-state index contributed by atoms with van der Waals surface area (Å²) in [6, 6.07) is 6.14. The normalized spacial score (nSPS) is 17.1. The third-order valence-corrected chi connectivity index (χ3v) is 3.09. The molecule has 0 aliphatic carbocycles. The summed E-state index contributed by atoms with van der Waals surface area (Å²) in [6.45, 7) is 4.67. The fourth-order valence-electron chi connectivity index (χ4n) is 2.13. The Labute approximate surface area is 103 Å². The van der Waals surface area contributed by atoms with Crippen molar-refractivity contribution in [1.29, 1.82) is 0 Å². The van der Waals surface area contributed by atoms with Crippen molar-refractivity contribution < 1.29 is 4.74 Å². The molecule has 2 rings (SSSR count). The third-order valence-electron chi connectivity index (χ3n) is 3.09. The van der Waals surface area contributed by atoms with Gasteiger partial charge < -0.3 is 15.4 Å².